The van der Waals surface area contributed by atoms with Crippen LogP contribution in [0.2, 0.25) is 0 Å². The average Bonchev–Trinajstić information content (AvgIpc) is 1.43. The normalized spacial score (nSPS) is 43.1. The molecule has 0 aromatic carbocycles. The van der Waals surface area contributed by atoms with Crippen LogP contribution in [0.1, 0.15) is 298 Å². The molecule has 22 aliphatic carbocycles. The molecule has 22 rings (SSSR count). The lowest BCUT2D eigenvalue weighted by Crippen LogP contribution is -2.57. The minimum atomic E-state index is -0.232. The molecule has 22 fully saturated rings. The lowest BCUT2D eigenvalue weighted by atomic mass is 9.54. The highest BCUT2D eigenvalue weighted by Crippen LogP contribution is 2.64. The van der Waals surface area contributed by atoms with E-state index in [-0.39, 0.29) is 53.7 Å². The minimum absolute atomic E-state index is 0.0184. The Balaban J connectivity index is 0.000000108. The van der Waals surface area contributed by atoms with E-state index in [1.165, 1.54) is 269 Å². The molecule has 0 aromatic rings. The van der Waals surface area contributed by atoms with Crippen molar-refractivity contribution in [2.24, 2.45) is 166 Å². The zero-order valence-electron chi connectivity index (χ0n) is 75.1. The number of carbonyl (C=O) groups is 7. The van der Waals surface area contributed by atoms with Crippen LogP contribution in [0.3, 0.4) is 0 Å². The largest absolute Gasteiger partial charge is 0.459 e. The highest BCUT2D eigenvalue weighted by molar-refractivity contribution is 5.93. The van der Waals surface area contributed by atoms with E-state index < -0.39 is 0 Å². The van der Waals surface area contributed by atoms with Gasteiger partial charge in [0, 0.05) is 79.2 Å². The third kappa shape index (κ3) is 18.5. The van der Waals surface area contributed by atoms with Gasteiger partial charge in [0.2, 0.25) is 29.5 Å². The number of carbonyl (C=O) groups excluding carboxylic acids is 7. The first kappa shape index (κ1) is 88.3. The molecular formula is C105H159N5O9. The van der Waals surface area contributed by atoms with Gasteiger partial charge in [0.1, 0.15) is 12.2 Å². The van der Waals surface area contributed by atoms with Gasteiger partial charge in [0.05, 0.1) is 0 Å². The van der Waals surface area contributed by atoms with Crippen LogP contribution >= 0.6 is 0 Å². The predicted octanol–water partition coefficient (Wildman–Crippen LogP) is 21.0. The fourth-order valence-electron chi connectivity index (χ4n) is 33.6. The van der Waals surface area contributed by atoms with Crippen molar-refractivity contribution < 1.29 is 43.0 Å². The fraction of sp³-hybridized carbons (Fsp3) is 0.800. The van der Waals surface area contributed by atoms with E-state index in [1.807, 2.05) is 37.7 Å². The molecule has 5 amide bonds. The highest BCUT2D eigenvalue weighted by atomic mass is 16.5. The molecule has 0 heterocycles. The first-order valence-electron chi connectivity index (χ1n) is 49.7. The van der Waals surface area contributed by atoms with Crippen molar-refractivity contribution in [1.29, 1.82) is 0 Å². The number of esters is 2. The van der Waals surface area contributed by atoms with Crippen LogP contribution in [-0.2, 0) is 43.0 Å². The van der Waals surface area contributed by atoms with Crippen molar-refractivity contribution in [2.45, 2.75) is 340 Å². The number of amides is 5. The van der Waals surface area contributed by atoms with Crippen LogP contribution in [0.5, 0.6) is 0 Å². The summed E-state index contributed by atoms with van der Waals surface area (Å²) in [4.78, 5) is 88.2. The fourth-order valence-corrected chi connectivity index (χ4v) is 33.6. The summed E-state index contributed by atoms with van der Waals surface area (Å²) in [6.07, 6.45) is 60.9. The minimum Gasteiger partial charge on any atom is -0.459 e. The Morgan fingerprint density at radius 2 is 0.681 bits per heavy atom. The molecule has 658 valence electrons. The van der Waals surface area contributed by atoms with E-state index in [0.717, 1.165) is 173 Å². The number of fused-ring (bicyclic) bond motifs is 30. The number of nitrogens with one attached hydrogen (secondary N) is 2. The average molecular weight is 1640 g/mol. The molecule has 16 bridgehead atoms. The lowest BCUT2D eigenvalue weighted by molar-refractivity contribution is -0.149. The topological polar surface area (TPSA) is 172 Å². The van der Waals surface area contributed by atoms with Gasteiger partial charge in [-0.15, -0.1) is 0 Å². The van der Waals surface area contributed by atoms with Crippen LogP contribution in [0.25, 0.3) is 0 Å². The Bertz CT molecular complexity index is 3560. The maximum absolute atomic E-state index is 12.3. The lowest BCUT2D eigenvalue weighted by Gasteiger charge is -2.57. The van der Waals surface area contributed by atoms with Gasteiger partial charge in [-0.05, 0) is 399 Å². The number of likely N-dealkylation sites (N-methyl/N-ethyl adjacent to an activating group) is 3. The summed E-state index contributed by atoms with van der Waals surface area (Å²) >= 11 is 0. The SMILES string of the molecule is C=C(C)C(=O)N(C)C1CC2CC1C1CCCCC21.C=C(C)C(=O)N(CC)C1C2CC3CC(C2)CC1C3.C=C(C)C(=O)NC1CC2CC1C1CCCCC21.C=C(C)C(=O)OC1CC2CC1C1CCCCC21.C=CC(=O)N(C)C1CC2CC1C1CCCCC21.C=CC(=O)NC1CC2CC1C1CCCCC21.C=CC(=O)OC1CC2CC1C1CCCCC21. The monoisotopic (exact) mass is 1630 g/mol. The summed E-state index contributed by atoms with van der Waals surface area (Å²) in [6.45, 7) is 35.8. The third-order valence-electron chi connectivity index (χ3n) is 37.8. The van der Waals surface area contributed by atoms with E-state index >= 15 is 0 Å². The van der Waals surface area contributed by atoms with E-state index in [0.29, 0.717) is 64.3 Å². The summed E-state index contributed by atoms with van der Waals surface area (Å²) in [5.41, 5.74) is 2.56. The number of ether oxygens (including phenoxy) is 2. The molecule has 14 heteroatoms. The van der Waals surface area contributed by atoms with E-state index in [1.54, 1.807) is 13.8 Å². The van der Waals surface area contributed by atoms with Gasteiger partial charge in [0.25, 0.3) is 0 Å². The molecule has 14 nitrogen and oxygen atoms in total. The van der Waals surface area contributed by atoms with Crippen LogP contribution in [0.4, 0.5) is 0 Å². The summed E-state index contributed by atoms with van der Waals surface area (Å²) in [5, 5.41) is 6.34. The van der Waals surface area contributed by atoms with Gasteiger partial charge < -0.3 is 34.8 Å². The summed E-state index contributed by atoms with van der Waals surface area (Å²) < 4.78 is 11.1. The van der Waals surface area contributed by atoms with E-state index in [4.69, 9.17) is 9.47 Å². The summed E-state index contributed by atoms with van der Waals surface area (Å²) in [6, 6.07) is 2.42. The Kier molecular flexibility index (Phi) is 28.6. The third-order valence-corrected chi connectivity index (χ3v) is 37.8. The van der Waals surface area contributed by atoms with Crippen LogP contribution < -0.4 is 10.6 Å². The number of nitrogens with zero attached hydrogens (tertiary/aromatic N) is 3. The quantitative estimate of drug-likeness (QED) is 0.120. The maximum Gasteiger partial charge on any atom is 0.333 e. The molecule has 0 aromatic heterocycles. The highest BCUT2D eigenvalue weighted by Gasteiger charge is 2.60. The number of rotatable bonds is 15. The van der Waals surface area contributed by atoms with Crippen LogP contribution in [0.15, 0.2) is 86.6 Å². The molecule has 22 aliphatic rings. The molecule has 22 saturated carbocycles. The van der Waals surface area contributed by atoms with Crippen molar-refractivity contribution in [2.75, 3.05) is 20.6 Å². The standard InChI is InChI=1S/2C16H25NO.2C15H23NO.C15H22O2.C14H21NO.C14H20O2/c1-10(2)16(18)17(3)15-9-11-8-14(15)13-7-5-4-6-12(11)13;1-4-17(16(18)10(2)3)15-13-6-11-5-12(8-13)9-14(15)7-11;1-9(2)15(17)16-14-8-10-7-13(14)12-6-4-3-5-11(10)12;1-3-15(17)16(2)14-9-10-8-13(14)12-7-5-4-6-11(10)12;1-9(2)15(16)17-14-8-10-7-13(14)12-6-4-3-5-11(10)12;1-2-14(16)15-13-8-9-7-12(13)11-6-4-3-5-10(9)11;1-2-14(15)16-13-8-9-7-12(13)11-6-4-3-5-10(9)11/h11-15H,1,4-9H2,2-3H3;11-15H,2,4-9H2,1,3H3;10-14H,1,3-8H2,2H3,(H,16,17);3,10-14H,1,4-9H2,2H3;10-14H,1,3-8H2,2H3;2,9-13H,1,3-8H2,(H,15,16);2,9-13H,1,3-8H2. The van der Waals surface area contributed by atoms with Gasteiger partial charge in [-0.3, -0.25) is 24.0 Å². The van der Waals surface area contributed by atoms with Crippen molar-refractivity contribution in [3.63, 3.8) is 0 Å². The first-order chi connectivity index (χ1) is 57.3. The van der Waals surface area contributed by atoms with Crippen LogP contribution in [-0.4, -0.2) is 119 Å². The molecule has 119 heavy (non-hydrogen) atoms. The smallest absolute Gasteiger partial charge is 0.333 e. The zero-order chi connectivity index (χ0) is 83.9. The van der Waals surface area contributed by atoms with Gasteiger partial charge in [-0.1, -0.05) is 123 Å². The van der Waals surface area contributed by atoms with Crippen LogP contribution in [0, 0.1) is 166 Å². The summed E-state index contributed by atoms with van der Waals surface area (Å²) in [7, 11) is 3.95. The van der Waals surface area contributed by atoms with Crippen molar-refractivity contribution >= 4 is 41.5 Å². The molecule has 0 radical (unpaired) electrons. The molecule has 0 spiro atoms. The van der Waals surface area contributed by atoms with E-state index in [2.05, 4.69) is 68.5 Å². The van der Waals surface area contributed by atoms with E-state index in [9.17, 15) is 33.6 Å². The molecular weight excluding hydrogens is 1480 g/mol. The van der Waals surface area contributed by atoms with Crippen molar-refractivity contribution in [3.8, 4) is 0 Å². The first-order valence-corrected chi connectivity index (χ1v) is 49.7. The molecule has 0 saturated heterocycles. The molecule has 30 unspecified atom stereocenters. The molecule has 30 atom stereocenters. The van der Waals surface area contributed by atoms with Gasteiger partial charge >= 0.3 is 11.9 Å². The van der Waals surface area contributed by atoms with Crippen molar-refractivity contribution in [1.82, 2.24) is 25.3 Å². The molecule has 0 aliphatic heterocycles. The summed E-state index contributed by atoms with van der Waals surface area (Å²) in [5.74, 6) is 24.7. The number of hydrogen-bond acceptors (Lipinski definition) is 9. The Labute approximate surface area is 719 Å². The molecule has 2 N–H and O–H groups in total. The van der Waals surface area contributed by atoms with Gasteiger partial charge in [-0.2, -0.15) is 0 Å². The second-order valence-electron chi connectivity index (χ2n) is 43.9. The zero-order valence-corrected chi connectivity index (χ0v) is 75.1. The van der Waals surface area contributed by atoms with Gasteiger partial charge in [-0.25, -0.2) is 9.59 Å². The second kappa shape index (κ2) is 38.5. The second-order valence-corrected chi connectivity index (χ2v) is 43.9. The number of hydrogen-bond donors (Lipinski definition) is 2. The Morgan fingerprint density at radius 1 is 0.336 bits per heavy atom. The maximum atomic E-state index is 12.3. The Morgan fingerprint density at radius 3 is 1.05 bits per heavy atom. The van der Waals surface area contributed by atoms with Gasteiger partial charge in [0.15, 0.2) is 0 Å². The predicted molar refractivity (Wildman–Crippen MR) is 475 cm³/mol. The Hall–Kier alpha value is -5.53. The van der Waals surface area contributed by atoms with Crippen molar-refractivity contribution in [3.05, 3.63) is 86.6 Å².